The molecule has 23 heavy (non-hydrogen) atoms. The summed E-state index contributed by atoms with van der Waals surface area (Å²) in [5.74, 6) is -1.07. The van der Waals surface area contributed by atoms with E-state index in [4.69, 9.17) is 4.74 Å². The molecule has 0 unspecified atom stereocenters. The van der Waals surface area contributed by atoms with Crippen LogP contribution in [0.2, 0.25) is 0 Å². The van der Waals surface area contributed by atoms with Crippen LogP contribution in [0.1, 0.15) is 26.3 Å². The normalized spacial score (nSPS) is 17.0. The molecule has 5 nitrogen and oxygen atoms in total. The van der Waals surface area contributed by atoms with Crippen LogP contribution in [0.5, 0.6) is 0 Å². The van der Waals surface area contributed by atoms with Crippen LogP contribution in [0.3, 0.4) is 0 Å². The maximum atomic E-state index is 12.3. The molecule has 1 aromatic carbocycles. The van der Waals surface area contributed by atoms with Gasteiger partial charge in [-0.2, -0.15) is 0 Å². The number of amides is 2. The zero-order valence-corrected chi connectivity index (χ0v) is 15.9. The summed E-state index contributed by atoms with van der Waals surface area (Å²) in [4.78, 5) is 37.4. The summed E-state index contributed by atoms with van der Waals surface area (Å²) in [7, 11) is 0. The molecular formula is C16H16INO4S. The van der Waals surface area contributed by atoms with E-state index < -0.39 is 22.7 Å². The van der Waals surface area contributed by atoms with Crippen LogP contribution in [0.4, 0.5) is 4.79 Å². The van der Waals surface area contributed by atoms with Crippen molar-refractivity contribution in [1.29, 1.82) is 0 Å². The topological polar surface area (TPSA) is 63.7 Å². The first-order chi connectivity index (χ1) is 10.7. The summed E-state index contributed by atoms with van der Waals surface area (Å²) in [6, 6.07) is 7.53. The molecule has 7 heteroatoms. The molecule has 1 saturated heterocycles. The van der Waals surface area contributed by atoms with Crippen LogP contribution in [0, 0.1) is 3.57 Å². The van der Waals surface area contributed by atoms with Gasteiger partial charge in [-0.25, -0.2) is 0 Å². The molecule has 1 aliphatic heterocycles. The Morgan fingerprint density at radius 3 is 2.57 bits per heavy atom. The first kappa shape index (κ1) is 18.0. The molecule has 0 aliphatic carbocycles. The molecule has 0 aromatic heterocycles. The summed E-state index contributed by atoms with van der Waals surface area (Å²) < 4.78 is 6.13. The first-order valence-electron chi connectivity index (χ1n) is 6.89. The van der Waals surface area contributed by atoms with Crippen LogP contribution < -0.4 is 0 Å². The number of thioether (sulfide) groups is 1. The highest BCUT2D eigenvalue weighted by molar-refractivity contribution is 14.1. The van der Waals surface area contributed by atoms with Crippen molar-refractivity contribution in [2.24, 2.45) is 0 Å². The Morgan fingerprint density at radius 2 is 1.96 bits per heavy atom. The number of hydrogen-bond acceptors (Lipinski definition) is 5. The number of rotatable bonds is 3. The molecule has 122 valence electrons. The second-order valence-electron chi connectivity index (χ2n) is 5.88. The predicted octanol–water partition coefficient (Wildman–Crippen LogP) is 3.67. The summed E-state index contributed by atoms with van der Waals surface area (Å²) >= 11 is 2.99. The van der Waals surface area contributed by atoms with Gasteiger partial charge in [-0.05, 0) is 72.8 Å². The predicted molar refractivity (Wildman–Crippen MR) is 97.7 cm³/mol. The van der Waals surface area contributed by atoms with E-state index in [9.17, 15) is 14.4 Å². The number of imide groups is 1. The minimum absolute atomic E-state index is 0.308. The second-order valence-corrected chi connectivity index (χ2v) is 8.03. The Bertz CT molecular complexity index is 694. The Labute approximate surface area is 152 Å². The summed E-state index contributed by atoms with van der Waals surface area (Å²) in [5, 5.41) is -0.460. The third-order valence-corrected chi connectivity index (χ3v) is 4.66. The summed E-state index contributed by atoms with van der Waals surface area (Å²) in [5.41, 5.74) is 0.199. The van der Waals surface area contributed by atoms with Gasteiger partial charge in [0.15, 0.2) is 0 Å². The van der Waals surface area contributed by atoms with Crippen molar-refractivity contribution in [2.75, 3.05) is 6.54 Å². The van der Waals surface area contributed by atoms with Gasteiger partial charge in [0.1, 0.15) is 12.1 Å². The lowest BCUT2D eigenvalue weighted by molar-refractivity contribution is -0.156. The van der Waals surface area contributed by atoms with E-state index >= 15 is 0 Å². The zero-order chi connectivity index (χ0) is 17.2. The number of halogens is 1. The summed E-state index contributed by atoms with van der Waals surface area (Å²) in [6.07, 6.45) is 1.67. The lowest BCUT2D eigenvalue weighted by Crippen LogP contribution is -2.37. The van der Waals surface area contributed by atoms with E-state index in [0.29, 0.717) is 4.91 Å². The van der Waals surface area contributed by atoms with Gasteiger partial charge in [0.05, 0.1) is 4.91 Å². The molecule has 2 amide bonds. The maximum Gasteiger partial charge on any atom is 0.326 e. The fourth-order valence-electron chi connectivity index (χ4n) is 1.87. The van der Waals surface area contributed by atoms with E-state index in [1.54, 1.807) is 26.8 Å². The van der Waals surface area contributed by atoms with E-state index in [0.717, 1.165) is 25.8 Å². The minimum atomic E-state index is -0.658. The van der Waals surface area contributed by atoms with E-state index in [1.807, 2.05) is 24.3 Å². The van der Waals surface area contributed by atoms with Gasteiger partial charge in [0.2, 0.25) is 0 Å². The van der Waals surface area contributed by atoms with Gasteiger partial charge >= 0.3 is 5.97 Å². The average Bonchev–Trinajstić information content (AvgIpc) is 2.67. The molecule has 0 spiro atoms. The second kappa shape index (κ2) is 7.04. The zero-order valence-electron chi connectivity index (χ0n) is 13.0. The molecule has 1 aromatic rings. The third kappa shape index (κ3) is 4.81. The Morgan fingerprint density at radius 1 is 1.30 bits per heavy atom. The highest BCUT2D eigenvalue weighted by Gasteiger charge is 2.37. The average molecular weight is 445 g/mol. The minimum Gasteiger partial charge on any atom is -0.459 e. The monoisotopic (exact) mass is 445 g/mol. The van der Waals surface area contributed by atoms with E-state index in [1.165, 1.54) is 0 Å². The first-order valence-corrected chi connectivity index (χ1v) is 8.78. The molecule has 0 radical (unpaired) electrons. The molecule has 0 saturated carbocycles. The Balaban J connectivity index is 2.14. The number of ether oxygens (including phenoxy) is 1. The number of esters is 1. The number of nitrogens with zero attached hydrogens (tertiary/aromatic N) is 1. The lowest BCUT2D eigenvalue weighted by Gasteiger charge is -2.21. The highest BCUT2D eigenvalue weighted by atomic mass is 127. The van der Waals surface area contributed by atoms with Crippen molar-refractivity contribution >= 4 is 57.5 Å². The van der Waals surface area contributed by atoms with Gasteiger partial charge in [-0.15, -0.1) is 0 Å². The third-order valence-electron chi connectivity index (χ3n) is 2.77. The van der Waals surface area contributed by atoms with Crippen LogP contribution in [-0.2, 0) is 14.3 Å². The standard InChI is InChI=1S/C16H16INO4S/c1-16(2,3)22-13(19)9-18-14(20)12(23-15(18)21)8-10-6-4-5-7-11(10)17/h4-8H,9H2,1-3H3. The van der Waals surface area contributed by atoms with Crippen LogP contribution >= 0.6 is 34.4 Å². The van der Waals surface area contributed by atoms with Crippen molar-refractivity contribution in [3.05, 3.63) is 38.3 Å². The van der Waals surface area contributed by atoms with Crippen molar-refractivity contribution in [3.63, 3.8) is 0 Å². The van der Waals surface area contributed by atoms with Crippen molar-refractivity contribution < 1.29 is 19.1 Å². The van der Waals surface area contributed by atoms with Gasteiger partial charge in [0, 0.05) is 3.57 Å². The molecule has 0 N–H and O–H groups in total. The van der Waals surface area contributed by atoms with Gasteiger partial charge < -0.3 is 4.74 Å². The van der Waals surface area contributed by atoms with E-state index in [2.05, 4.69) is 22.6 Å². The van der Waals surface area contributed by atoms with Crippen molar-refractivity contribution in [2.45, 2.75) is 26.4 Å². The van der Waals surface area contributed by atoms with Gasteiger partial charge in [-0.3, -0.25) is 19.3 Å². The molecule has 0 atom stereocenters. The molecule has 2 rings (SSSR count). The number of carbonyl (C=O) groups is 3. The maximum absolute atomic E-state index is 12.3. The van der Waals surface area contributed by atoms with Crippen LogP contribution in [0.15, 0.2) is 29.2 Å². The molecule has 1 aliphatic rings. The Hall–Kier alpha value is -1.35. The quantitative estimate of drug-likeness (QED) is 0.404. The smallest absolute Gasteiger partial charge is 0.326 e. The number of hydrogen-bond donors (Lipinski definition) is 0. The highest BCUT2D eigenvalue weighted by Crippen LogP contribution is 2.32. The molecule has 1 fully saturated rings. The van der Waals surface area contributed by atoms with Crippen LogP contribution in [0.25, 0.3) is 6.08 Å². The van der Waals surface area contributed by atoms with Crippen molar-refractivity contribution in [3.8, 4) is 0 Å². The summed E-state index contributed by atoms with van der Waals surface area (Å²) in [6.45, 7) is 4.83. The number of benzene rings is 1. The Kier molecular flexibility index (Phi) is 5.51. The lowest BCUT2D eigenvalue weighted by atomic mass is 10.2. The molecule has 1 heterocycles. The molecule has 0 bridgehead atoms. The van der Waals surface area contributed by atoms with Gasteiger partial charge in [-0.1, -0.05) is 18.2 Å². The number of carbonyl (C=O) groups excluding carboxylic acids is 3. The fourth-order valence-corrected chi connectivity index (χ4v) is 3.24. The molecular weight excluding hydrogens is 429 g/mol. The largest absolute Gasteiger partial charge is 0.459 e. The SMILES string of the molecule is CC(C)(C)OC(=O)CN1C(=O)SC(=Cc2ccccc2I)C1=O. The van der Waals surface area contributed by atoms with Crippen molar-refractivity contribution in [1.82, 2.24) is 4.90 Å². The van der Waals surface area contributed by atoms with E-state index in [-0.39, 0.29) is 6.54 Å². The van der Waals surface area contributed by atoms with Gasteiger partial charge in [0.25, 0.3) is 11.1 Å². The fraction of sp³-hybridized carbons (Fsp3) is 0.312. The van der Waals surface area contributed by atoms with Crippen LogP contribution in [-0.4, -0.2) is 34.2 Å².